The molecule has 2 heterocycles. The summed E-state index contributed by atoms with van der Waals surface area (Å²) in [7, 11) is 0. The molecule has 1 aliphatic rings. The topological polar surface area (TPSA) is 75.0 Å². The van der Waals surface area contributed by atoms with Crippen molar-refractivity contribution in [1.82, 2.24) is 9.97 Å². The molecule has 0 fully saturated rings. The number of rotatable bonds is 2. The van der Waals surface area contributed by atoms with E-state index in [-0.39, 0.29) is 17.8 Å². The number of anilines is 1. The van der Waals surface area contributed by atoms with E-state index in [0.29, 0.717) is 11.5 Å². The van der Waals surface area contributed by atoms with Gasteiger partial charge in [-0.2, -0.15) is 0 Å². The smallest absolute Gasteiger partial charge is 0.249 e. The van der Waals surface area contributed by atoms with Crippen molar-refractivity contribution in [3.63, 3.8) is 0 Å². The van der Waals surface area contributed by atoms with Gasteiger partial charge in [-0.05, 0) is 13.0 Å². The highest BCUT2D eigenvalue weighted by Crippen LogP contribution is 2.37. The Kier molecular flexibility index (Phi) is 2.79. The molecule has 1 aromatic carbocycles. The minimum absolute atomic E-state index is 0.0348. The molecule has 0 spiro atoms. The number of nitrogens with two attached hydrogens (primary N) is 1. The number of hydrogen-bond acceptors (Lipinski definition) is 3. The van der Waals surface area contributed by atoms with Crippen LogP contribution in [0.5, 0.6) is 0 Å². The van der Waals surface area contributed by atoms with Crippen LogP contribution in [-0.4, -0.2) is 15.9 Å². The molecule has 3 N–H and O–H groups in total. The quantitative estimate of drug-likeness (QED) is 0.875. The molecule has 0 saturated heterocycles. The molecule has 0 saturated carbocycles. The number of nitrogens with zero attached hydrogens (tertiary/aromatic N) is 2. The van der Waals surface area contributed by atoms with Crippen LogP contribution in [0.3, 0.4) is 0 Å². The number of aromatic amines is 1. The summed E-state index contributed by atoms with van der Waals surface area (Å²) in [6, 6.07) is 0.747. The molecule has 1 atom stereocenters. The van der Waals surface area contributed by atoms with Gasteiger partial charge in [0.15, 0.2) is 0 Å². The maximum absolute atomic E-state index is 13.8. The zero-order valence-electron chi connectivity index (χ0n) is 10.7. The minimum Gasteiger partial charge on any atom is -0.345 e. The number of hydrogen-bond donors (Lipinski definition) is 2. The predicted molar refractivity (Wildman–Crippen MR) is 67.8 cm³/mol. The van der Waals surface area contributed by atoms with Gasteiger partial charge in [0.05, 0.1) is 24.1 Å². The molecule has 104 valence electrons. The van der Waals surface area contributed by atoms with Crippen molar-refractivity contribution < 1.29 is 13.6 Å². The molecule has 3 rings (SSSR count). The fourth-order valence-corrected chi connectivity index (χ4v) is 2.40. The van der Waals surface area contributed by atoms with Gasteiger partial charge in [0.1, 0.15) is 23.5 Å². The summed E-state index contributed by atoms with van der Waals surface area (Å²) in [6.45, 7) is 1.91. The third-order valence-corrected chi connectivity index (χ3v) is 3.29. The molecule has 5 nitrogen and oxygen atoms in total. The van der Waals surface area contributed by atoms with Crippen LogP contribution in [-0.2, 0) is 11.3 Å². The van der Waals surface area contributed by atoms with Crippen molar-refractivity contribution in [2.24, 2.45) is 5.73 Å². The highest BCUT2D eigenvalue weighted by atomic mass is 19.1. The lowest BCUT2D eigenvalue weighted by Gasteiger charge is -2.16. The number of H-pyrrole nitrogens is 1. The van der Waals surface area contributed by atoms with Crippen LogP contribution in [0.25, 0.3) is 0 Å². The molecule has 1 aliphatic heterocycles. The van der Waals surface area contributed by atoms with Crippen molar-refractivity contribution in [1.29, 1.82) is 0 Å². The van der Waals surface area contributed by atoms with E-state index in [4.69, 9.17) is 5.73 Å². The second kappa shape index (κ2) is 4.38. The van der Waals surface area contributed by atoms with E-state index >= 15 is 0 Å². The Balaban J connectivity index is 2.03. The van der Waals surface area contributed by atoms with Crippen LogP contribution in [0.4, 0.5) is 14.5 Å². The Hall–Kier alpha value is -2.28. The van der Waals surface area contributed by atoms with Crippen LogP contribution in [0.1, 0.15) is 23.1 Å². The summed E-state index contributed by atoms with van der Waals surface area (Å²) >= 11 is 0. The van der Waals surface area contributed by atoms with Gasteiger partial charge in [0, 0.05) is 11.6 Å². The van der Waals surface area contributed by atoms with Gasteiger partial charge in [0.2, 0.25) is 5.91 Å². The zero-order valence-corrected chi connectivity index (χ0v) is 10.7. The van der Waals surface area contributed by atoms with E-state index in [2.05, 4.69) is 9.97 Å². The molecule has 7 heteroatoms. The van der Waals surface area contributed by atoms with Gasteiger partial charge in [-0.1, -0.05) is 0 Å². The lowest BCUT2D eigenvalue weighted by Crippen LogP contribution is -2.31. The molecule has 0 bridgehead atoms. The van der Waals surface area contributed by atoms with Crippen molar-refractivity contribution in [2.45, 2.75) is 19.5 Å². The Morgan fingerprint density at radius 1 is 1.45 bits per heavy atom. The first-order valence-corrected chi connectivity index (χ1v) is 6.03. The average Bonchev–Trinajstić information content (AvgIpc) is 2.87. The summed E-state index contributed by atoms with van der Waals surface area (Å²) in [6.07, 6.45) is 1.57. The molecule has 20 heavy (non-hydrogen) atoms. The number of carbonyl (C=O) groups excluding carboxylic acids is 1. The SMILES string of the molecule is Cc1ncc(CN2C(=O)C(N)c3c(F)cc(F)cc32)[nH]1. The molecule has 0 radical (unpaired) electrons. The van der Waals surface area contributed by atoms with Crippen molar-refractivity contribution in [3.05, 3.63) is 47.0 Å². The minimum atomic E-state index is -1.10. The second-order valence-corrected chi connectivity index (χ2v) is 4.72. The third kappa shape index (κ3) is 1.87. The van der Waals surface area contributed by atoms with E-state index in [0.717, 1.165) is 12.1 Å². The summed E-state index contributed by atoms with van der Waals surface area (Å²) in [5.74, 6) is -1.31. The molecule has 1 amide bonds. The van der Waals surface area contributed by atoms with E-state index in [1.165, 1.54) is 4.90 Å². The molecular weight excluding hydrogens is 266 g/mol. The highest BCUT2D eigenvalue weighted by Gasteiger charge is 2.37. The standard InChI is InChI=1S/C13H12F2N4O/c1-6-17-4-8(18-6)5-19-10-3-7(14)2-9(15)11(10)12(16)13(19)20/h2-4,12H,5,16H2,1H3,(H,17,18). The van der Waals surface area contributed by atoms with Gasteiger partial charge >= 0.3 is 0 Å². The number of nitrogens with one attached hydrogen (secondary N) is 1. The van der Waals surface area contributed by atoms with Gasteiger partial charge in [-0.3, -0.25) is 4.79 Å². The lowest BCUT2D eigenvalue weighted by atomic mass is 10.1. The van der Waals surface area contributed by atoms with Crippen LogP contribution in [0, 0.1) is 18.6 Å². The molecule has 1 unspecified atom stereocenters. The first-order chi connectivity index (χ1) is 9.47. The first-order valence-electron chi connectivity index (χ1n) is 6.03. The van der Waals surface area contributed by atoms with E-state index in [1.54, 1.807) is 13.1 Å². The van der Waals surface area contributed by atoms with Gasteiger partial charge < -0.3 is 15.6 Å². The average molecular weight is 278 g/mol. The number of amides is 1. The predicted octanol–water partition coefficient (Wildman–Crippen LogP) is 1.54. The van der Waals surface area contributed by atoms with Gasteiger partial charge in [-0.25, -0.2) is 13.8 Å². The van der Waals surface area contributed by atoms with E-state index in [1.807, 2.05) is 0 Å². The molecule has 0 aliphatic carbocycles. The number of halogens is 2. The summed E-state index contributed by atoms with van der Waals surface area (Å²) in [5.41, 5.74) is 6.59. The van der Waals surface area contributed by atoms with E-state index < -0.39 is 23.6 Å². The summed E-state index contributed by atoms with van der Waals surface area (Å²) in [5, 5.41) is 0. The Morgan fingerprint density at radius 3 is 2.85 bits per heavy atom. The fourth-order valence-electron chi connectivity index (χ4n) is 2.40. The summed E-state index contributed by atoms with van der Waals surface area (Å²) in [4.78, 5) is 20.4. The van der Waals surface area contributed by atoms with Crippen LogP contribution < -0.4 is 10.6 Å². The number of carbonyl (C=O) groups is 1. The maximum atomic E-state index is 13.8. The van der Waals surface area contributed by atoms with Gasteiger partial charge in [0.25, 0.3) is 0 Å². The Bertz CT molecular complexity index is 698. The number of fused-ring (bicyclic) bond motifs is 1. The molecule has 2 aromatic rings. The zero-order chi connectivity index (χ0) is 14.4. The van der Waals surface area contributed by atoms with Crippen molar-refractivity contribution in [2.75, 3.05) is 4.90 Å². The van der Waals surface area contributed by atoms with E-state index in [9.17, 15) is 13.6 Å². The second-order valence-electron chi connectivity index (χ2n) is 4.72. The number of imidazole rings is 1. The van der Waals surface area contributed by atoms with Crippen molar-refractivity contribution >= 4 is 11.6 Å². The highest BCUT2D eigenvalue weighted by molar-refractivity contribution is 6.04. The van der Waals surface area contributed by atoms with Crippen LogP contribution in [0.2, 0.25) is 0 Å². The monoisotopic (exact) mass is 278 g/mol. The number of aromatic nitrogens is 2. The third-order valence-electron chi connectivity index (χ3n) is 3.29. The largest absolute Gasteiger partial charge is 0.345 e. The summed E-state index contributed by atoms with van der Waals surface area (Å²) < 4.78 is 27.1. The van der Waals surface area contributed by atoms with Gasteiger partial charge in [-0.15, -0.1) is 0 Å². The normalized spacial score (nSPS) is 17.7. The first kappa shape index (κ1) is 12.7. The Morgan fingerprint density at radius 2 is 2.20 bits per heavy atom. The lowest BCUT2D eigenvalue weighted by molar-refractivity contribution is -0.119. The molecular formula is C13H12F2N4O. The van der Waals surface area contributed by atoms with Crippen LogP contribution in [0.15, 0.2) is 18.3 Å². The maximum Gasteiger partial charge on any atom is 0.249 e. The van der Waals surface area contributed by atoms with Crippen molar-refractivity contribution in [3.8, 4) is 0 Å². The fraction of sp³-hybridized carbons (Fsp3) is 0.231. The number of aryl methyl sites for hydroxylation is 1. The number of benzene rings is 1. The Labute approximate surface area is 113 Å². The molecule has 1 aromatic heterocycles. The van der Waals surface area contributed by atoms with Crippen LogP contribution >= 0.6 is 0 Å².